The number of rotatable bonds is 4. The molecule has 4 heteroatoms. The van der Waals surface area contributed by atoms with Crippen molar-refractivity contribution >= 4 is 11.3 Å². The molecule has 0 saturated heterocycles. The summed E-state index contributed by atoms with van der Waals surface area (Å²) in [6.07, 6.45) is 0. The number of nitrogens with two attached hydrogens (primary N) is 1. The normalized spacial score (nSPS) is 10.4. The first-order valence-electron chi connectivity index (χ1n) is 3.51. The Bertz CT molecular complexity index is 212. The zero-order valence-corrected chi connectivity index (χ0v) is 7.36. The third kappa shape index (κ3) is 2.96. The number of hydrogen-bond donors (Lipinski definition) is 1. The first-order valence-corrected chi connectivity index (χ1v) is 4.39. The van der Waals surface area contributed by atoms with Gasteiger partial charge in [0.25, 0.3) is 0 Å². The van der Waals surface area contributed by atoms with Crippen LogP contribution in [0.1, 0.15) is 10.7 Å². The Kier molecular flexibility index (Phi) is 3.48. The Hall–Kier alpha value is -0.450. The van der Waals surface area contributed by atoms with Crippen LogP contribution in [0.5, 0.6) is 0 Å². The second-order valence-corrected chi connectivity index (χ2v) is 3.26. The van der Waals surface area contributed by atoms with Gasteiger partial charge in [0.15, 0.2) is 0 Å². The quantitative estimate of drug-likeness (QED) is 0.687. The Morgan fingerprint density at radius 3 is 3.09 bits per heavy atom. The van der Waals surface area contributed by atoms with E-state index in [1.807, 2.05) is 12.3 Å². The zero-order valence-electron chi connectivity index (χ0n) is 6.54. The molecule has 62 valence electrons. The van der Waals surface area contributed by atoms with Crippen LogP contribution >= 0.6 is 11.3 Å². The van der Waals surface area contributed by atoms with Crippen LogP contribution in [0.25, 0.3) is 0 Å². The summed E-state index contributed by atoms with van der Waals surface area (Å²) in [5, 5.41) is 3.09. The smallest absolute Gasteiger partial charge is 0.0898 e. The Labute approximate surface area is 70.2 Å². The highest BCUT2D eigenvalue weighted by molar-refractivity contribution is 7.09. The molecule has 0 amide bonds. The van der Waals surface area contributed by atoms with Gasteiger partial charge in [0.1, 0.15) is 0 Å². The lowest BCUT2D eigenvalue weighted by Crippen LogP contribution is -2.08. The molecule has 0 saturated carbocycles. The van der Waals surface area contributed by atoms with E-state index in [1.165, 1.54) is 0 Å². The fraction of sp³-hybridized carbons (Fsp3) is 0.571. The summed E-state index contributed by atoms with van der Waals surface area (Å²) in [6, 6.07) is 0. The first-order chi connectivity index (χ1) is 5.33. The van der Waals surface area contributed by atoms with Gasteiger partial charge in [-0.15, -0.1) is 11.3 Å². The minimum Gasteiger partial charge on any atom is -0.374 e. The van der Waals surface area contributed by atoms with E-state index in [0.29, 0.717) is 19.8 Å². The van der Waals surface area contributed by atoms with Gasteiger partial charge in [0.2, 0.25) is 0 Å². The molecule has 0 atom stereocenters. The van der Waals surface area contributed by atoms with Crippen molar-refractivity contribution in [1.29, 1.82) is 0 Å². The van der Waals surface area contributed by atoms with Gasteiger partial charge in [-0.3, -0.25) is 0 Å². The number of hydrogen-bond acceptors (Lipinski definition) is 4. The Balaban J connectivity index is 2.27. The molecule has 0 bridgehead atoms. The van der Waals surface area contributed by atoms with Crippen molar-refractivity contribution in [2.75, 3.05) is 13.2 Å². The summed E-state index contributed by atoms with van der Waals surface area (Å²) in [5.74, 6) is 0. The second kappa shape index (κ2) is 4.43. The van der Waals surface area contributed by atoms with Crippen molar-refractivity contribution < 1.29 is 4.74 Å². The average Bonchev–Trinajstić information content (AvgIpc) is 2.37. The van der Waals surface area contributed by atoms with Crippen LogP contribution in [0.3, 0.4) is 0 Å². The summed E-state index contributed by atoms with van der Waals surface area (Å²) in [5.41, 5.74) is 6.26. The highest BCUT2D eigenvalue weighted by atomic mass is 32.1. The van der Waals surface area contributed by atoms with Crippen molar-refractivity contribution in [1.82, 2.24) is 4.98 Å². The predicted octanol–water partition coefficient (Wildman–Crippen LogP) is 0.927. The third-order valence-electron chi connectivity index (χ3n) is 1.18. The second-order valence-electron chi connectivity index (χ2n) is 2.20. The lowest BCUT2D eigenvalue weighted by atomic mass is 10.5. The average molecular weight is 172 g/mol. The summed E-state index contributed by atoms with van der Waals surface area (Å²) in [4.78, 5) is 4.24. The van der Waals surface area contributed by atoms with Gasteiger partial charge in [-0.2, -0.15) is 0 Å². The minimum atomic E-state index is 0.573. The minimum absolute atomic E-state index is 0.573. The van der Waals surface area contributed by atoms with Gasteiger partial charge < -0.3 is 10.5 Å². The van der Waals surface area contributed by atoms with Crippen LogP contribution in [0.2, 0.25) is 0 Å². The molecular formula is C7H12N2OS. The standard InChI is InChI=1S/C7H12N2OS/c1-6-9-7(5-11-6)4-10-3-2-8/h5H,2-4,8H2,1H3. The summed E-state index contributed by atoms with van der Waals surface area (Å²) in [6.45, 7) is 3.75. The van der Waals surface area contributed by atoms with Crippen molar-refractivity contribution in [3.8, 4) is 0 Å². The van der Waals surface area contributed by atoms with Gasteiger partial charge in [-0.1, -0.05) is 0 Å². The van der Waals surface area contributed by atoms with Crippen LogP contribution in [0, 0.1) is 6.92 Å². The molecule has 3 nitrogen and oxygen atoms in total. The van der Waals surface area contributed by atoms with Crippen LogP contribution in [0.15, 0.2) is 5.38 Å². The molecule has 0 aliphatic carbocycles. The molecule has 1 rings (SSSR count). The van der Waals surface area contributed by atoms with E-state index < -0.39 is 0 Å². The van der Waals surface area contributed by atoms with Crippen LogP contribution in [0.4, 0.5) is 0 Å². The summed E-state index contributed by atoms with van der Waals surface area (Å²) < 4.78 is 5.20. The van der Waals surface area contributed by atoms with Crippen LogP contribution in [-0.2, 0) is 11.3 Å². The topological polar surface area (TPSA) is 48.1 Å². The highest BCUT2D eigenvalue weighted by Gasteiger charge is 1.96. The molecule has 2 N–H and O–H groups in total. The summed E-state index contributed by atoms with van der Waals surface area (Å²) >= 11 is 1.64. The molecule has 1 aromatic rings. The van der Waals surface area contributed by atoms with E-state index in [4.69, 9.17) is 10.5 Å². The lowest BCUT2D eigenvalue weighted by Gasteiger charge is -1.97. The predicted molar refractivity (Wildman–Crippen MR) is 45.6 cm³/mol. The van der Waals surface area contributed by atoms with Gasteiger partial charge in [0, 0.05) is 11.9 Å². The van der Waals surface area contributed by atoms with Crippen molar-refractivity contribution in [2.45, 2.75) is 13.5 Å². The van der Waals surface area contributed by atoms with E-state index in [1.54, 1.807) is 11.3 Å². The van der Waals surface area contributed by atoms with Crippen molar-refractivity contribution in [3.05, 3.63) is 16.1 Å². The maximum atomic E-state index is 5.26. The van der Waals surface area contributed by atoms with Crippen LogP contribution in [-0.4, -0.2) is 18.1 Å². The van der Waals surface area contributed by atoms with E-state index in [0.717, 1.165) is 10.7 Å². The van der Waals surface area contributed by atoms with Gasteiger partial charge in [-0.05, 0) is 6.92 Å². The maximum absolute atomic E-state index is 5.26. The van der Waals surface area contributed by atoms with Gasteiger partial charge >= 0.3 is 0 Å². The van der Waals surface area contributed by atoms with Gasteiger partial charge in [0.05, 0.1) is 23.9 Å². The maximum Gasteiger partial charge on any atom is 0.0898 e. The molecule has 0 unspecified atom stereocenters. The van der Waals surface area contributed by atoms with Gasteiger partial charge in [-0.25, -0.2) is 4.98 Å². The molecule has 0 radical (unpaired) electrons. The fourth-order valence-electron chi connectivity index (χ4n) is 0.735. The highest BCUT2D eigenvalue weighted by Crippen LogP contribution is 2.08. The first kappa shape index (κ1) is 8.64. The molecule has 0 fully saturated rings. The van der Waals surface area contributed by atoms with Crippen molar-refractivity contribution in [2.24, 2.45) is 5.73 Å². The molecular weight excluding hydrogens is 160 g/mol. The fourth-order valence-corrected chi connectivity index (χ4v) is 1.33. The summed E-state index contributed by atoms with van der Waals surface area (Å²) in [7, 11) is 0. The number of thiazole rings is 1. The molecule has 11 heavy (non-hydrogen) atoms. The third-order valence-corrected chi connectivity index (χ3v) is 2.00. The largest absolute Gasteiger partial charge is 0.374 e. The number of aryl methyl sites for hydroxylation is 1. The molecule has 1 heterocycles. The van der Waals surface area contributed by atoms with Crippen LogP contribution < -0.4 is 5.73 Å². The van der Waals surface area contributed by atoms with E-state index in [-0.39, 0.29) is 0 Å². The number of nitrogens with zero attached hydrogens (tertiary/aromatic N) is 1. The van der Waals surface area contributed by atoms with E-state index in [2.05, 4.69) is 4.98 Å². The molecule has 0 aliphatic rings. The SMILES string of the molecule is Cc1nc(COCCN)cs1. The molecule has 0 aliphatic heterocycles. The van der Waals surface area contributed by atoms with E-state index in [9.17, 15) is 0 Å². The number of aromatic nitrogens is 1. The Morgan fingerprint density at radius 2 is 2.55 bits per heavy atom. The monoisotopic (exact) mass is 172 g/mol. The zero-order chi connectivity index (χ0) is 8.10. The Morgan fingerprint density at radius 1 is 1.73 bits per heavy atom. The lowest BCUT2D eigenvalue weighted by molar-refractivity contribution is 0.126. The van der Waals surface area contributed by atoms with Crippen molar-refractivity contribution in [3.63, 3.8) is 0 Å². The van der Waals surface area contributed by atoms with E-state index >= 15 is 0 Å². The number of ether oxygens (including phenoxy) is 1. The molecule has 0 spiro atoms. The molecule has 0 aromatic carbocycles. The molecule has 1 aromatic heterocycles.